The molecular weight excluding hydrogens is 266 g/mol. The first-order valence-corrected chi connectivity index (χ1v) is 6.77. The lowest BCUT2D eigenvalue weighted by Gasteiger charge is -2.12. The molecule has 0 saturated heterocycles. The summed E-state index contributed by atoms with van der Waals surface area (Å²) in [6, 6.07) is 15.3. The molecule has 0 radical (unpaired) electrons. The van der Waals surface area contributed by atoms with Crippen molar-refractivity contribution >= 4 is 11.5 Å². The van der Waals surface area contributed by atoms with Crippen molar-refractivity contribution in [3.63, 3.8) is 0 Å². The summed E-state index contributed by atoms with van der Waals surface area (Å²) in [7, 11) is 0. The maximum atomic E-state index is 8.63. The second kappa shape index (κ2) is 7.19. The van der Waals surface area contributed by atoms with Crippen molar-refractivity contribution in [2.24, 2.45) is 10.9 Å². The van der Waals surface area contributed by atoms with Crippen LogP contribution in [0.3, 0.4) is 0 Å². The van der Waals surface area contributed by atoms with E-state index >= 15 is 0 Å². The number of nitrogens with two attached hydrogens (primary N) is 1. The quantitative estimate of drug-likeness (QED) is 0.330. The van der Waals surface area contributed by atoms with E-state index in [2.05, 4.69) is 10.5 Å². The standard InChI is InChI=1S/C16H19N3O2/c1-2-21-15-6-4-3-5-14(15)18-11-12-7-9-13(10-8-12)16(17)19-20/h3-10,18,20H,2,11H2,1H3,(H2,17,19). The lowest BCUT2D eigenvalue weighted by atomic mass is 10.1. The molecule has 0 heterocycles. The molecule has 2 aromatic carbocycles. The fraction of sp³-hybridized carbons (Fsp3) is 0.188. The molecule has 5 nitrogen and oxygen atoms in total. The van der Waals surface area contributed by atoms with Gasteiger partial charge in [-0.25, -0.2) is 0 Å². The van der Waals surface area contributed by atoms with Gasteiger partial charge in [0, 0.05) is 12.1 Å². The van der Waals surface area contributed by atoms with Crippen molar-refractivity contribution in [2.45, 2.75) is 13.5 Å². The first kappa shape index (κ1) is 14.7. The van der Waals surface area contributed by atoms with Crippen LogP contribution in [-0.2, 0) is 6.54 Å². The van der Waals surface area contributed by atoms with Gasteiger partial charge in [-0.3, -0.25) is 0 Å². The van der Waals surface area contributed by atoms with Crippen LogP contribution in [0.15, 0.2) is 53.7 Å². The Kier molecular flexibility index (Phi) is 5.04. The van der Waals surface area contributed by atoms with Crippen LogP contribution in [0.1, 0.15) is 18.1 Å². The minimum absolute atomic E-state index is 0.108. The highest BCUT2D eigenvalue weighted by Gasteiger charge is 2.03. The number of benzene rings is 2. The molecule has 21 heavy (non-hydrogen) atoms. The third-order valence-electron chi connectivity index (χ3n) is 3.03. The number of nitrogens with zero attached hydrogens (tertiary/aromatic N) is 1. The average molecular weight is 285 g/mol. The molecule has 2 aromatic rings. The predicted octanol–water partition coefficient (Wildman–Crippen LogP) is 2.79. The van der Waals surface area contributed by atoms with Crippen molar-refractivity contribution < 1.29 is 9.94 Å². The topological polar surface area (TPSA) is 79.9 Å². The van der Waals surface area contributed by atoms with Crippen LogP contribution in [0, 0.1) is 0 Å². The smallest absolute Gasteiger partial charge is 0.170 e. The summed E-state index contributed by atoms with van der Waals surface area (Å²) in [6.45, 7) is 3.26. The number of hydrogen-bond acceptors (Lipinski definition) is 4. The van der Waals surface area contributed by atoms with Crippen molar-refractivity contribution in [3.05, 3.63) is 59.7 Å². The normalized spacial score (nSPS) is 11.2. The Labute approximate surface area is 124 Å². The highest BCUT2D eigenvalue weighted by Crippen LogP contribution is 2.24. The summed E-state index contributed by atoms with van der Waals surface area (Å²) in [4.78, 5) is 0. The zero-order valence-corrected chi connectivity index (χ0v) is 11.9. The summed E-state index contributed by atoms with van der Waals surface area (Å²) in [5.74, 6) is 0.949. The molecular formula is C16H19N3O2. The zero-order valence-electron chi connectivity index (χ0n) is 11.9. The number of oxime groups is 1. The highest BCUT2D eigenvalue weighted by molar-refractivity contribution is 5.96. The third-order valence-corrected chi connectivity index (χ3v) is 3.03. The number of anilines is 1. The summed E-state index contributed by atoms with van der Waals surface area (Å²) < 4.78 is 5.57. The Bertz CT molecular complexity index is 609. The molecule has 0 aliphatic rings. The van der Waals surface area contributed by atoms with Gasteiger partial charge in [0.25, 0.3) is 0 Å². The third kappa shape index (κ3) is 3.89. The van der Waals surface area contributed by atoms with E-state index in [1.165, 1.54) is 0 Å². The molecule has 5 heteroatoms. The summed E-state index contributed by atoms with van der Waals surface area (Å²) in [5, 5.41) is 14.9. The van der Waals surface area contributed by atoms with Gasteiger partial charge in [-0.05, 0) is 24.6 Å². The van der Waals surface area contributed by atoms with Crippen LogP contribution < -0.4 is 15.8 Å². The van der Waals surface area contributed by atoms with Crippen molar-refractivity contribution in [1.29, 1.82) is 0 Å². The molecule has 0 atom stereocenters. The van der Waals surface area contributed by atoms with Gasteiger partial charge < -0.3 is 21.0 Å². The maximum Gasteiger partial charge on any atom is 0.170 e. The predicted molar refractivity (Wildman–Crippen MR) is 83.9 cm³/mol. The van der Waals surface area contributed by atoms with E-state index in [-0.39, 0.29) is 5.84 Å². The van der Waals surface area contributed by atoms with Gasteiger partial charge in [0.2, 0.25) is 0 Å². The van der Waals surface area contributed by atoms with E-state index in [1.807, 2.05) is 55.5 Å². The molecule has 0 aliphatic carbocycles. The monoisotopic (exact) mass is 285 g/mol. The Morgan fingerprint density at radius 2 is 1.90 bits per heavy atom. The molecule has 0 amide bonds. The molecule has 0 fully saturated rings. The fourth-order valence-corrected chi connectivity index (χ4v) is 1.94. The van der Waals surface area contributed by atoms with E-state index in [0.717, 1.165) is 17.0 Å². The Morgan fingerprint density at radius 1 is 1.19 bits per heavy atom. The molecule has 0 spiro atoms. The summed E-state index contributed by atoms with van der Waals surface area (Å²) in [5.41, 5.74) is 8.27. The van der Waals surface area contributed by atoms with Gasteiger partial charge in [-0.2, -0.15) is 0 Å². The second-order valence-corrected chi connectivity index (χ2v) is 4.46. The lowest BCUT2D eigenvalue weighted by molar-refractivity contribution is 0.318. The van der Waals surface area contributed by atoms with E-state index in [9.17, 15) is 0 Å². The molecule has 0 bridgehead atoms. The van der Waals surface area contributed by atoms with Crippen LogP contribution >= 0.6 is 0 Å². The lowest BCUT2D eigenvalue weighted by Crippen LogP contribution is -2.13. The zero-order chi connectivity index (χ0) is 15.1. The molecule has 0 aromatic heterocycles. The minimum Gasteiger partial charge on any atom is -0.492 e. The van der Waals surface area contributed by atoms with E-state index in [4.69, 9.17) is 15.7 Å². The average Bonchev–Trinajstić information content (AvgIpc) is 2.54. The molecule has 110 valence electrons. The van der Waals surface area contributed by atoms with E-state index in [0.29, 0.717) is 18.7 Å². The molecule has 0 unspecified atom stereocenters. The van der Waals surface area contributed by atoms with Crippen molar-refractivity contribution in [1.82, 2.24) is 0 Å². The van der Waals surface area contributed by atoms with Gasteiger partial charge in [0.05, 0.1) is 12.3 Å². The fourth-order valence-electron chi connectivity index (χ4n) is 1.94. The number of rotatable bonds is 6. The van der Waals surface area contributed by atoms with Crippen LogP contribution in [0.4, 0.5) is 5.69 Å². The SMILES string of the molecule is CCOc1ccccc1NCc1ccc(C(N)=NO)cc1. The van der Waals surface area contributed by atoms with E-state index in [1.54, 1.807) is 0 Å². The first-order chi connectivity index (χ1) is 10.2. The Balaban J connectivity index is 2.03. The molecule has 4 N–H and O–H groups in total. The molecule has 0 saturated carbocycles. The molecule has 0 aliphatic heterocycles. The highest BCUT2D eigenvalue weighted by atomic mass is 16.5. The van der Waals surface area contributed by atoms with Crippen LogP contribution in [-0.4, -0.2) is 17.6 Å². The Morgan fingerprint density at radius 3 is 2.57 bits per heavy atom. The van der Waals surface area contributed by atoms with Gasteiger partial charge in [-0.1, -0.05) is 41.6 Å². The van der Waals surface area contributed by atoms with Crippen LogP contribution in [0.5, 0.6) is 5.75 Å². The van der Waals surface area contributed by atoms with Gasteiger partial charge in [-0.15, -0.1) is 0 Å². The maximum absolute atomic E-state index is 8.63. The minimum atomic E-state index is 0.108. The van der Waals surface area contributed by atoms with Gasteiger partial charge in [0.15, 0.2) is 5.84 Å². The van der Waals surface area contributed by atoms with Crippen molar-refractivity contribution in [2.75, 3.05) is 11.9 Å². The van der Waals surface area contributed by atoms with E-state index < -0.39 is 0 Å². The van der Waals surface area contributed by atoms with Gasteiger partial charge >= 0.3 is 0 Å². The Hall–Kier alpha value is -2.69. The number of ether oxygens (including phenoxy) is 1. The van der Waals surface area contributed by atoms with Crippen LogP contribution in [0.2, 0.25) is 0 Å². The summed E-state index contributed by atoms with van der Waals surface area (Å²) >= 11 is 0. The number of hydrogen-bond donors (Lipinski definition) is 3. The van der Waals surface area contributed by atoms with Crippen molar-refractivity contribution in [3.8, 4) is 5.75 Å². The molecule has 2 rings (SSSR count). The largest absolute Gasteiger partial charge is 0.492 e. The second-order valence-electron chi connectivity index (χ2n) is 4.46. The first-order valence-electron chi connectivity index (χ1n) is 6.77. The van der Waals surface area contributed by atoms with Crippen LogP contribution in [0.25, 0.3) is 0 Å². The number of amidine groups is 1. The van der Waals surface area contributed by atoms with Gasteiger partial charge in [0.1, 0.15) is 5.75 Å². The summed E-state index contributed by atoms with van der Waals surface area (Å²) in [6.07, 6.45) is 0. The number of para-hydroxylation sites is 2. The number of nitrogens with one attached hydrogen (secondary N) is 1.